The number of aryl methyl sites for hydroxylation is 1. The number of ether oxygens (including phenoxy) is 3. The van der Waals surface area contributed by atoms with Gasteiger partial charge in [-0.3, -0.25) is 4.79 Å². The largest absolute Gasteiger partial charge is 0.469 e. The van der Waals surface area contributed by atoms with Gasteiger partial charge in [0.05, 0.1) is 38.0 Å². The van der Waals surface area contributed by atoms with Crippen molar-refractivity contribution in [1.29, 1.82) is 0 Å². The second-order valence-corrected chi connectivity index (χ2v) is 4.46. The van der Waals surface area contributed by atoms with Gasteiger partial charge in [0.15, 0.2) is 6.29 Å². The van der Waals surface area contributed by atoms with Crippen LogP contribution in [0.4, 0.5) is 0 Å². The van der Waals surface area contributed by atoms with Crippen LogP contribution in [0, 0.1) is 6.92 Å². The Hall–Kier alpha value is -1.24. The topological polar surface area (TPSA) is 70.5 Å². The van der Waals surface area contributed by atoms with Crippen molar-refractivity contribution in [2.75, 3.05) is 20.3 Å². The van der Waals surface area contributed by atoms with Crippen molar-refractivity contribution in [1.82, 2.24) is 9.97 Å². The summed E-state index contributed by atoms with van der Waals surface area (Å²) in [6.45, 7) is 2.86. The van der Waals surface area contributed by atoms with Crippen molar-refractivity contribution in [3.63, 3.8) is 0 Å². The number of rotatable bonds is 3. The monoisotopic (exact) mass is 286 g/mol. The van der Waals surface area contributed by atoms with Crippen molar-refractivity contribution in [3.8, 4) is 0 Å². The summed E-state index contributed by atoms with van der Waals surface area (Å²) in [6.07, 6.45) is 0.215. The molecule has 1 aliphatic heterocycles. The van der Waals surface area contributed by atoms with Gasteiger partial charge in [0, 0.05) is 0 Å². The van der Waals surface area contributed by atoms with Gasteiger partial charge in [0.2, 0.25) is 0 Å². The molecule has 1 fully saturated rings. The van der Waals surface area contributed by atoms with E-state index in [1.807, 2.05) is 0 Å². The smallest absolute Gasteiger partial charge is 0.311 e. The van der Waals surface area contributed by atoms with Crippen LogP contribution in [0.3, 0.4) is 0 Å². The van der Waals surface area contributed by atoms with Crippen molar-refractivity contribution in [2.24, 2.45) is 0 Å². The number of nitrogens with zero attached hydrogens (tertiary/aromatic N) is 2. The van der Waals surface area contributed by atoms with Crippen LogP contribution < -0.4 is 0 Å². The lowest BCUT2D eigenvalue weighted by atomic mass is 10.1. The van der Waals surface area contributed by atoms with Gasteiger partial charge >= 0.3 is 5.97 Å². The Kier molecular flexibility index (Phi) is 4.68. The van der Waals surface area contributed by atoms with Gasteiger partial charge in [-0.2, -0.15) is 0 Å². The molecule has 19 heavy (non-hydrogen) atoms. The molecule has 1 aromatic rings. The highest BCUT2D eigenvalue weighted by molar-refractivity contribution is 6.30. The number of halogens is 1. The van der Waals surface area contributed by atoms with Crippen molar-refractivity contribution in [2.45, 2.75) is 26.1 Å². The Balaban J connectivity index is 2.35. The van der Waals surface area contributed by atoms with E-state index in [0.29, 0.717) is 30.3 Å². The zero-order valence-electron chi connectivity index (χ0n) is 10.8. The summed E-state index contributed by atoms with van der Waals surface area (Å²) >= 11 is 6.13. The maximum Gasteiger partial charge on any atom is 0.311 e. The summed E-state index contributed by atoms with van der Waals surface area (Å²) in [5.41, 5.74) is 0.994. The molecule has 0 unspecified atom stereocenters. The van der Waals surface area contributed by atoms with Crippen molar-refractivity contribution in [3.05, 3.63) is 22.2 Å². The molecule has 0 spiro atoms. The number of methoxy groups -OCH3 is 1. The van der Waals surface area contributed by atoms with Crippen LogP contribution in [0.5, 0.6) is 0 Å². The zero-order valence-corrected chi connectivity index (χ0v) is 11.6. The normalized spacial score (nSPS) is 16.4. The molecule has 0 amide bonds. The van der Waals surface area contributed by atoms with E-state index in [-0.39, 0.29) is 11.6 Å². The molecular weight excluding hydrogens is 272 g/mol. The van der Waals surface area contributed by atoms with Crippen LogP contribution in [0.1, 0.15) is 29.8 Å². The van der Waals surface area contributed by atoms with E-state index >= 15 is 0 Å². The third-order valence-electron chi connectivity index (χ3n) is 2.69. The van der Waals surface area contributed by atoms with Crippen LogP contribution in [0.15, 0.2) is 0 Å². The van der Waals surface area contributed by atoms with Gasteiger partial charge in [0.25, 0.3) is 0 Å². The van der Waals surface area contributed by atoms with Crippen LogP contribution in [0.25, 0.3) is 0 Å². The summed E-state index contributed by atoms with van der Waals surface area (Å²) in [5, 5.41) is 0.248. The van der Waals surface area contributed by atoms with Gasteiger partial charge in [-0.05, 0) is 13.3 Å². The summed E-state index contributed by atoms with van der Waals surface area (Å²) in [5.74, 6) is 0.0923. The number of hydrogen-bond donors (Lipinski definition) is 0. The van der Waals surface area contributed by atoms with E-state index in [9.17, 15) is 4.79 Å². The number of hydrogen-bond acceptors (Lipinski definition) is 6. The Morgan fingerprint density at radius 2 is 2.11 bits per heavy atom. The predicted octanol–water partition coefficient (Wildman–Crippen LogP) is 1.59. The van der Waals surface area contributed by atoms with Gasteiger partial charge in [-0.1, -0.05) is 11.6 Å². The van der Waals surface area contributed by atoms with E-state index in [1.165, 1.54) is 7.11 Å². The molecule has 7 heteroatoms. The maximum absolute atomic E-state index is 11.4. The molecule has 0 aliphatic carbocycles. The zero-order chi connectivity index (χ0) is 13.8. The van der Waals surface area contributed by atoms with Crippen LogP contribution in [-0.2, 0) is 25.4 Å². The van der Waals surface area contributed by atoms with Gasteiger partial charge < -0.3 is 14.2 Å². The van der Waals surface area contributed by atoms with E-state index < -0.39 is 12.3 Å². The first kappa shape index (κ1) is 14.2. The fourth-order valence-corrected chi connectivity index (χ4v) is 2.15. The lowest BCUT2D eigenvalue weighted by Crippen LogP contribution is -2.22. The van der Waals surface area contributed by atoms with Crippen LogP contribution >= 0.6 is 11.6 Å². The van der Waals surface area contributed by atoms with Crippen molar-refractivity contribution >= 4 is 17.6 Å². The average Bonchev–Trinajstić information content (AvgIpc) is 2.39. The molecule has 1 aromatic heterocycles. The highest BCUT2D eigenvalue weighted by Gasteiger charge is 2.26. The first-order valence-electron chi connectivity index (χ1n) is 5.94. The van der Waals surface area contributed by atoms with Crippen LogP contribution in [0.2, 0.25) is 5.15 Å². The van der Waals surface area contributed by atoms with E-state index in [1.54, 1.807) is 6.92 Å². The lowest BCUT2D eigenvalue weighted by Gasteiger charge is -2.25. The average molecular weight is 287 g/mol. The maximum atomic E-state index is 11.4. The summed E-state index contributed by atoms with van der Waals surface area (Å²) in [7, 11) is 1.32. The summed E-state index contributed by atoms with van der Waals surface area (Å²) in [4.78, 5) is 19.8. The molecule has 0 N–H and O–H groups in total. The first-order valence-corrected chi connectivity index (χ1v) is 6.32. The van der Waals surface area contributed by atoms with Gasteiger partial charge in [-0.15, -0.1) is 0 Å². The molecule has 0 atom stereocenters. The molecule has 2 rings (SSSR count). The standard InChI is InChI=1S/C12H15ClN2O4/c1-7-14-8(6-9(16)17-2)10(11(13)15-7)12-18-4-3-5-19-12/h12H,3-6H2,1-2H3. The number of aromatic nitrogens is 2. The van der Waals surface area contributed by atoms with Gasteiger partial charge in [0.1, 0.15) is 11.0 Å². The second kappa shape index (κ2) is 6.27. The molecule has 0 radical (unpaired) electrons. The molecule has 0 bridgehead atoms. The van der Waals surface area contributed by atoms with Crippen LogP contribution in [-0.4, -0.2) is 36.3 Å². The van der Waals surface area contributed by atoms with E-state index in [2.05, 4.69) is 14.7 Å². The minimum absolute atomic E-state index is 0.0120. The molecule has 1 aliphatic rings. The fourth-order valence-electron chi connectivity index (χ4n) is 1.83. The highest BCUT2D eigenvalue weighted by Crippen LogP contribution is 2.30. The minimum Gasteiger partial charge on any atom is -0.469 e. The third kappa shape index (κ3) is 3.40. The fraction of sp³-hybridized carbons (Fsp3) is 0.583. The minimum atomic E-state index is -0.624. The van der Waals surface area contributed by atoms with E-state index in [0.717, 1.165) is 6.42 Å². The second-order valence-electron chi connectivity index (χ2n) is 4.10. The molecule has 0 saturated carbocycles. The molecule has 2 heterocycles. The summed E-state index contributed by atoms with van der Waals surface area (Å²) < 4.78 is 15.7. The number of carbonyl (C=O) groups is 1. The predicted molar refractivity (Wildman–Crippen MR) is 66.8 cm³/mol. The van der Waals surface area contributed by atoms with Gasteiger partial charge in [-0.25, -0.2) is 9.97 Å². The molecular formula is C12H15ClN2O4. The molecule has 6 nitrogen and oxygen atoms in total. The third-order valence-corrected chi connectivity index (χ3v) is 2.98. The molecule has 104 valence electrons. The SMILES string of the molecule is COC(=O)Cc1nc(C)nc(Cl)c1C1OCCCO1. The highest BCUT2D eigenvalue weighted by atomic mass is 35.5. The number of esters is 1. The Morgan fingerprint density at radius 3 is 2.74 bits per heavy atom. The molecule has 0 aromatic carbocycles. The van der Waals surface area contributed by atoms with Crippen molar-refractivity contribution < 1.29 is 19.0 Å². The Bertz CT molecular complexity index is 475. The first-order chi connectivity index (χ1) is 9.11. The summed E-state index contributed by atoms with van der Waals surface area (Å²) in [6, 6.07) is 0. The lowest BCUT2D eigenvalue weighted by molar-refractivity contribution is -0.183. The molecule has 1 saturated heterocycles. The Morgan fingerprint density at radius 1 is 1.42 bits per heavy atom. The quantitative estimate of drug-likeness (QED) is 0.621. The van der Waals surface area contributed by atoms with E-state index in [4.69, 9.17) is 21.1 Å². The Labute approximate surface area is 116 Å². The number of carbonyl (C=O) groups excluding carboxylic acids is 1.